The van der Waals surface area contributed by atoms with Crippen LogP contribution in [-0.4, -0.2) is 7.05 Å². The molecular weight excluding hydrogens is 208 g/mol. The Labute approximate surface area is 103 Å². The van der Waals surface area contributed by atoms with Crippen LogP contribution in [0, 0.1) is 6.92 Å². The quantitative estimate of drug-likeness (QED) is 0.814. The minimum atomic E-state index is 0.831. The maximum Gasteiger partial charge on any atom is 0.0446 e. The Morgan fingerprint density at radius 2 is 1.76 bits per heavy atom. The van der Waals surface area contributed by atoms with Crippen molar-refractivity contribution in [3.05, 3.63) is 59.7 Å². The second kappa shape index (κ2) is 4.91. The second-order valence-corrected chi connectivity index (χ2v) is 4.39. The third kappa shape index (κ3) is 2.78. The Bertz CT molecular complexity index is 492. The van der Waals surface area contributed by atoms with Gasteiger partial charge in [0.2, 0.25) is 0 Å². The van der Waals surface area contributed by atoms with Gasteiger partial charge in [-0.3, -0.25) is 0 Å². The first-order valence-corrected chi connectivity index (χ1v) is 5.78. The van der Waals surface area contributed by atoms with E-state index in [-0.39, 0.29) is 0 Å². The van der Waals surface area contributed by atoms with Gasteiger partial charge in [0.25, 0.3) is 0 Å². The molecular formula is C15H18N2. The first-order chi connectivity index (χ1) is 8.16. The van der Waals surface area contributed by atoms with Crippen molar-refractivity contribution in [1.82, 2.24) is 0 Å². The summed E-state index contributed by atoms with van der Waals surface area (Å²) in [5.74, 6) is 0. The summed E-state index contributed by atoms with van der Waals surface area (Å²) in [4.78, 5) is 2.20. The van der Waals surface area contributed by atoms with Gasteiger partial charge in [0.05, 0.1) is 0 Å². The van der Waals surface area contributed by atoms with Crippen LogP contribution in [0.25, 0.3) is 0 Å². The highest BCUT2D eigenvalue weighted by atomic mass is 15.1. The lowest BCUT2D eigenvalue weighted by Crippen LogP contribution is -2.17. The SMILES string of the molecule is Cc1ccc(N)c(CN(C)c2ccccc2)c1. The Morgan fingerprint density at radius 3 is 2.47 bits per heavy atom. The summed E-state index contributed by atoms with van der Waals surface area (Å²) >= 11 is 0. The predicted molar refractivity (Wildman–Crippen MR) is 74.1 cm³/mol. The number of hydrogen-bond donors (Lipinski definition) is 1. The molecule has 0 bridgehead atoms. The highest BCUT2D eigenvalue weighted by molar-refractivity contribution is 5.52. The van der Waals surface area contributed by atoms with Gasteiger partial charge in [0.15, 0.2) is 0 Å². The lowest BCUT2D eigenvalue weighted by molar-refractivity contribution is 0.924. The molecule has 0 aliphatic heterocycles. The standard InChI is InChI=1S/C15H18N2/c1-12-8-9-15(16)13(10-12)11-17(2)14-6-4-3-5-7-14/h3-10H,11,16H2,1-2H3. The molecule has 0 amide bonds. The lowest BCUT2D eigenvalue weighted by Gasteiger charge is -2.20. The minimum Gasteiger partial charge on any atom is -0.398 e. The molecule has 0 heterocycles. The second-order valence-electron chi connectivity index (χ2n) is 4.39. The van der Waals surface area contributed by atoms with Gasteiger partial charge in [-0.15, -0.1) is 0 Å². The third-order valence-corrected chi connectivity index (χ3v) is 2.90. The van der Waals surface area contributed by atoms with E-state index in [2.05, 4.69) is 37.1 Å². The lowest BCUT2D eigenvalue weighted by atomic mass is 10.1. The zero-order valence-corrected chi connectivity index (χ0v) is 10.4. The number of rotatable bonds is 3. The number of nitrogen functional groups attached to an aromatic ring is 1. The minimum absolute atomic E-state index is 0.831. The van der Waals surface area contributed by atoms with E-state index in [9.17, 15) is 0 Å². The number of anilines is 2. The Balaban J connectivity index is 2.18. The number of nitrogens with two attached hydrogens (primary N) is 1. The Morgan fingerprint density at radius 1 is 1.06 bits per heavy atom. The molecule has 2 nitrogen and oxygen atoms in total. The van der Waals surface area contributed by atoms with Gasteiger partial charge in [0, 0.05) is 25.0 Å². The zero-order chi connectivity index (χ0) is 12.3. The van der Waals surface area contributed by atoms with Crippen molar-refractivity contribution in [2.24, 2.45) is 0 Å². The molecule has 0 aliphatic rings. The summed E-state index contributed by atoms with van der Waals surface area (Å²) in [6.07, 6.45) is 0. The molecule has 0 saturated heterocycles. The van der Waals surface area contributed by atoms with Gasteiger partial charge in [-0.25, -0.2) is 0 Å². The maximum atomic E-state index is 5.99. The Hall–Kier alpha value is -1.96. The van der Waals surface area contributed by atoms with Crippen LogP contribution < -0.4 is 10.6 Å². The van der Waals surface area contributed by atoms with Crippen molar-refractivity contribution in [3.63, 3.8) is 0 Å². The molecule has 0 atom stereocenters. The van der Waals surface area contributed by atoms with Crippen LogP contribution in [-0.2, 0) is 6.54 Å². The number of hydrogen-bond acceptors (Lipinski definition) is 2. The highest BCUT2D eigenvalue weighted by Crippen LogP contribution is 2.19. The van der Waals surface area contributed by atoms with Crippen molar-refractivity contribution in [1.29, 1.82) is 0 Å². The van der Waals surface area contributed by atoms with Crippen LogP contribution in [0.3, 0.4) is 0 Å². The summed E-state index contributed by atoms with van der Waals surface area (Å²) < 4.78 is 0. The van der Waals surface area contributed by atoms with Gasteiger partial charge in [-0.1, -0.05) is 35.9 Å². The van der Waals surface area contributed by atoms with E-state index < -0.39 is 0 Å². The molecule has 88 valence electrons. The predicted octanol–water partition coefficient (Wildman–Crippen LogP) is 3.21. The normalized spacial score (nSPS) is 10.2. The average Bonchev–Trinajstić information content (AvgIpc) is 2.35. The first kappa shape index (κ1) is 11.5. The van der Waals surface area contributed by atoms with Crippen molar-refractivity contribution < 1.29 is 0 Å². The van der Waals surface area contributed by atoms with Crippen molar-refractivity contribution >= 4 is 11.4 Å². The molecule has 0 saturated carbocycles. The molecule has 0 aliphatic carbocycles. The van der Waals surface area contributed by atoms with Crippen LogP contribution in [0.4, 0.5) is 11.4 Å². The molecule has 0 unspecified atom stereocenters. The average molecular weight is 226 g/mol. The zero-order valence-electron chi connectivity index (χ0n) is 10.4. The largest absolute Gasteiger partial charge is 0.398 e. The molecule has 0 fully saturated rings. The Kier molecular flexibility index (Phi) is 3.33. The van der Waals surface area contributed by atoms with E-state index in [1.54, 1.807) is 0 Å². The van der Waals surface area contributed by atoms with Crippen molar-refractivity contribution in [3.8, 4) is 0 Å². The van der Waals surface area contributed by atoms with E-state index in [1.807, 2.05) is 30.3 Å². The van der Waals surface area contributed by atoms with E-state index in [0.29, 0.717) is 0 Å². The summed E-state index contributed by atoms with van der Waals surface area (Å²) in [5.41, 5.74) is 10.5. The number of nitrogens with zero attached hydrogens (tertiary/aromatic N) is 1. The van der Waals surface area contributed by atoms with Crippen molar-refractivity contribution in [2.45, 2.75) is 13.5 Å². The van der Waals surface area contributed by atoms with Crippen LogP contribution in [0.5, 0.6) is 0 Å². The maximum absolute atomic E-state index is 5.99. The van der Waals surface area contributed by atoms with Gasteiger partial charge in [0.1, 0.15) is 0 Å². The molecule has 17 heavy (non-hydrogen) atoms. The summed E-state index contributed by atoms with van der Waals surface area (Å²) in [6, 6.07) is 16.5. The van der Waals surface area contributed by atoms with E-state index in [0.717, 1.165) is 12.2 Å². The fourth-order valence-corrected chi connectivity index (χ4v) is 1.90. The number of para-hydroxylation sites is 1. The van der Waals surface area contributed by atoms with Crippen LogP contribution in [0.1, 0.15) is 11.1 Å². The molecule has 0 radical (unpaired) electrons. The van der Waals surface area contributed by atoms with E-state index in [1.165, 1.54) is 16.8 Å². The highest BCUT2D eigenvalue weighted by Gasteiger charge is 2.04. The van der Waals surface area contributed by atoms with Crippen LogP contribution in [0.2, 0.25) is 0 Å². The molecule has 2 aromatic rings. The smallest absolute Gasteiger partial charge is 0.0446 e. The van der Waals surface area contributed by atoms with Crippen LogP contribution >= 0.6 is 0 Å². The number of aryl methyl sites for hydroxylation is 1. The van der Waals surface area contributed by atoms with E-state index >= 15 is 0 Å². The third-order valence-electron chi connectivity index (χ3n) is 2.90. The summed E-state index contributed by atoms with van der Waals surface area (Å²) in [7, 11) is 2.08. The monoisotopic (exact) mass is 226 g/mol. The molecule has 2 aromatic carbocycles. The fraction of sp³-hybridized carbons (Fsp3) is 0.200. The molecule has 0 aromatic heterocycles. The summed E-state index contributed by atoms with van der Waals surface area (Å²) in [6.45, 7) is 2.92. The van der Waals surface area contributed by atoms with E-state index in [4.69, 9.17) is 5.73 Å². The van der Waals surface area contributed by atoms with Gasteiger partial charge < -0.3 is 10.6 Å². The molecule has 2 N–H and O–H groups in total. The van der Waals surface area contributed by atoms with Gasteiger partial charge in [-0.05, 0) is 30.7 Å². The van der Waals surface area contributed by atoms with Crippen LogP contribution in [0.15, 0.2) is 48.5 Å². The summed E-state index contributed by atoms with van der Waals surface area (Å²) in [5, 5.41) is 0. The first-order valence-electron chi connectivity index (χ1n) is 5.78. The van der Waals surface area contributed by atoms with Gasteiger partial charge in [-0.2, -0.15) is 0 Å². The molecule has 0 spiro atoms. The topological polar surface area (TPSA) is 29.3 Å². The van der Waals surface area contributed by atoms with Crippen molar-refractivity contribution in [2.75, 3.05) is 17.7 Å². The fourth-order valence-electron chi connectivity index (χ4n) is 1.90. The molecule has 2 rings (SSSR count). The number of benzene rings is 2. The van der Waals surface area contributed by atoms with Gasteiger partial charge >= 0.3 is 0 Å². The molecule has 2 heteroatoms.